The molecule has 7 heteroatoms. The lowest BCUT2D eigenvalue weighted by atomic mass is 10.0. The molecule has 1 aliphatic rings. The molecular weight excluding hydrogens is 330 g/mol. The number of benzene rings is 1. The third-order valence-electron chi connectivity index (χ3n) is 3.73. The van der Waals surface area contributed by atoms with E-state index in [2.05, 4.69) is 10.2 Å². The SMILES string of the molecule is COCCN[C@@H]1CCN(Cc2ccccc2F)C[C@H]1O.Cl.Cl. The molecule has 1 aromatic rings. The summed E-state index contributed by atoms with van der Waals surface area (Å²) in [7, 11) is 1.66. The van der Waals surface area contributed by atoms with Crippen LogP contribution >= 0.6 is 24.8 Å². The summed E-state index contributed by atoms with van der Waals surface area (Å²) in [5.41, 5.74) is 0.686. The van der Waals surface area contributed by atoms with Crippen molar-refractivity contribution in [2.24, 2.45) is 0 Å². The summed E-state index contributed by atoms with van der Waals surface area (Å²) in [6.45, 7) is 3.36. The quantitative estimate of drug-likeness (QED) is 0.765. The smallest absolute Gasteiger partial charge is 0.127 e. The zero-order chi connectivity index (χ0) is 14.4. The lowest BCUT2D eigenvalue weighted by Gasteiger charge is -2.36. The second kappa shape index (κ2) is 11.2. The van der Waals surface area contributed by atoms with Gasteiger partial charge in [0.15, 0.2) is 0 Å². The zero-order valence-corrected chi connectivity index (χ0v) is 14.3. The molecule has 4 nitrogen and oxygen atoms in total. The summed E-state index contributed by atoms with van der Waals surface area (Å²) in [5.74, 6) is -0.178. The predicted octanol–water partition coefficient (Wildman–Crippen LogP) is 1.84. The first kappa shape index (κ1) is 21.6. The van der Waals surface area contributed by atoms with Gasteiger partial charge in [-0.25, -0.2) is 4.39 Å². The maximum absolute atomic E-state index is 13.6. The molecule has 2 N–H and O–H groups in total. The molecule has 2 atom stereocenters. The molecule has 0 saturated carbocycles. The van der Waals surface area contributed by atoms with Crippen LogP contribution in [0, 0.1) is 5.82 Å². The molecule has 0 aliphatic carbocycles. The van der Waals surface area contributed by atoms with Gasteiger partial charge in [-0.1, -0.05) is 18.2 Å². The molecule has 22 heavy (non-hydrogen) atoms. The van der Waals surface area contributed by atoms with Gasteiger partial charge in [0, 0.05) is 44.9 Å². The van der Waals surface area contributed by atoms with E-state index in [1.807, 2.05) is 6.07 Å². The Labute approximate surface area is 143 Å². The first-order chi connectivity index (χ1) is 9.70. The van der Waals surface area contributed by atoms with Crippen molar-refractivity contribution in [3.05, 3.63) is 35.6 Å². The Balaban J connectivity index is 0.00000220. The van der Waals surface area contributed by atoms with Crippen molar-refractivity contribution in [1.82, 2.24) is 10.2 Å². The van der Waals surface area contributed by atoms with Gasteiger partial charge in [-0.3, -0.25) is 4.90 Å². The fraction of sp³-hybridized carbons (Fsp3) is 0.600. The van der Waals surface area contributed by atoms with E-state index in [4.69, 9.17) is 4.74 Å². The number of aliphatic hydroxyl groups excluding tert-OH is 1. The van der Waals surface area contributed by atoms with Crippen molar-refractivity contribution in [2.45, 2.75) is 25.1 Å². The second-order valence-corrected chi connectivity index (χ2v) is 5.24. The van der Waals surface area contributed by atoms with E-state index >= 15 is 0 Å². The molecule has 1 fully saturated rings. The molecule has 1 saturated heterocycles. The Kier molecular flexibility index (Phi) is 10.9. The number of hydrogen-bond acceptors (Lipinski definition) is 4. The Hall–Kier alpha value is -0.430. The molecule has 0 bridgehead atoms. The number of likely N-dealkylation sites (tertiary alicyclic amines) is 1. The summed E-state index contributed by atoms with van der Waals surface area (Å²) in [4.78, 5) is 2.09. The van der Waals surface area contributed by atoms with Crippen LogP contribution in [0.1, 0.15) is 12.0 Å². The molecule has 128 valence electrons. The topological polar surface area (TPSA) is 44.7 Å². The minimum atomic E-state index is -0.424. The number of methoxy groups -OCH3 is 1. The van der Waals surface area contributed by atoms with Crippen LogP contribution in [0.3, 0.4) is 0 Å². The highest BCUT2D eigenvalue weighted by Crippen LogP contribution is 2.16. The van der Waals surface area contributed by atoms with Crippen LogP contribution in [0.2, 0.25) is 0 Å². The maximum atomic E-state index is 13.6. The summed E-state index contributed by atoms with van der Waals surface area (Å²) in [6, 6.07) is 6.91. The third-order valence-corrected chi connectivity index (χ3v) is 3.73. The number of halogens is 3. The van der Waals surface area contributed by atoms with Crippen LogP contribution in [0.15, 0.2) is 24.3 Å². The first-order valence-corrected chi connectivity index (χ1v) is 7.07. The highest BCUT2D eigenvalue weighted by Gasteiger charge is 2.27. The Bertz CT molecular complexity index is 426. The third kappa shape index (κ3) is 6.36. The normalized spacial score (nSPS) is 21.8. The van der Waals surface area contributed by atoms with Gasteiger partial charge in [0.2, 0.25) is 0 Å². The maximum Gasteiger partial charge on any atom is 0.127 e. The highest BCUT2D eigenvalue weighted by atomic mass is 35.5. The molecule has 0 unspecified atom stereocenters. The number of rotatable bonds is 6. The fourth-order valence-corrected chi connectivity index (χ4v) is 2.59. The largest absolute Gasteiger partial charge is 0.390 e. The van der Waals surface area contributed by atoms with Gasteiger partial charge in [-0.15, -0.1) is 24.8 Å². The van der Waals surface area contributed by atoms with Crippen molar-refractivity contribution in [2.75, 3.05) is 33.4 Å². The molecule has 0 amide bonds. The average Bonchev–Trinajstić information content (AvgIpc) is 2.44. The monoisotopic (exact) mass is 354 g/mol. The molecular formula is C15H25Cl2FN2O2. The minimum absolute atomic E-state index is 0. The lowest BCUT2D eigenvalue weighted by Crippen LogP contribution is -2.52. The number of nitrogens with zero attached hydrogens (tertiary/aromatic N) is 1. The second-order valence-electron chi connectivity index (χ2n) is 5.24. The molecule has 1 aliphatic heterocycles. The van der Waals surface area contributed by atoms with Gasteiger partial charge < -0.3 is 15.2 Å². The lowest BCUT2D eigenvalue weighted by molar-refractivity contribution is 0.0343. The fourth-order valence-electron chi connectivity index (χ4n) is 2.59. The van der Waals surface area contributed by atoms with Crippen molar-refractivity contribution in [1.29, 1.82) is 0 Å². The summed E-state index contributed by atoms with van der Waals surface area (Å²) >= 11 is 0. The number of β-amino-alcohol motifs (C(OH)–C–C–N with tert-alkyl or cyclic N) is 1. The Morgan fingerprint density at radius 2 is 2.09 bits per heavy atom. The first-order valence-electron chi connectivity index (χ1n) is 7.07. The van der Waals surface area contributed by atoms with Gasteiger partial charge in [-0.05, 0) is 12.5 Å². The minimum Gasteiger partial charge on any atom is -0.390 e. The molecule has 2 rings (SSSR count). The van der Waals surface area contributed by atoms with E-state index in [0.29, 0.717) is 25.3 Å². The molecule has 1 heterocycles. The van der Waals surface area contributed by atoms with Crippen molar-refractivity contribution in [3.8, 4) is 0 Å². The van der Waals surface area contributed by atoms with E-state index in [-0.39, 0.29) is 36.7 Å². The van der Waals surface area contributed by atoms with Gasteiger partial charge >= 0.3 is 0 Å². The number of aliphatic hydroxyl groups is 1. The Morgan fingerprint density at radius 3 is 2.73 bits per heavy atom. The van der Waals surface area contributed by atoms with E-state index in [0.717, 1.165) is 19.5 Å². The summed E-state index contributed by atoms with van der Waals surface area (Å²) in [6.07, 6.45) is 0.437. The number of nitrogens with one attached hydrogen (secondary N) is 1. The van der Waals surface area contributed by atoms with Gasteiger partial charge in [0.25, 0.3) is 0 Å². The summed E-state index contributed by atoms with van der Waals surface area (Å²) in [5, 5.41) is 13.4. The average molecular weight is 355 g/mol. The van der Waals surface area contributed by atoms with Gasteiger partial charge in [0.1, 0.15) is 5.82 Å². The molecule has 0 aromatic heterocycles. The van der Waals surface area contributed by atoms with Gasteiger partial charge in [-0.2, -0.15) is 0 Å². The van der Waals surface area contributed by atoms with Gasteiger partial charge in [0.05, 0.1) is 12.7 Å². The van der Waals surface area contributed by atoms with Crippen LogP contribution in [-0.4, -0.2) is 55.5 Å². The highest BCUT2D eigenvalue weighted by molar-refractivity contribution is 5.85. The number of piperidine rings is 1. The predicted molar refractivity (Wildman–Crippen MR) is 90.5 cm³/mol. The van der Waals surface area contributed by atoms with Crippen LogP contribution in [0.4, 0.5) is 4.39 Å². The standard InChI is InChI=1S/C15H23FN2O2.2ClH/c1-20-9-7-17-14-6-8-18(11-15(14)19)10-12-4-2-3-5-13(12)16;;/h2-5,14-15,17,19H,6-11H2,1H3;2*1H/t14-,15-;;/m1../s1. The van der Waals surface area contributed by atoms with Crippen LogP contribution in [0.25, 0.3) is 0 Å². The van der Waals surface area contributed by atoms with E-state index in [1.165, 1.54) is 6.07 Å². The van der Waals surface area contributed by atoms with E-state index in [9.17, 15) is 9.50 Å². The zero-order valence-electron chi connectivity index (χ0n) is 12.7. The van der Waals surface area contributed by atoms with Crippen LogP contribution < -0.4 is 5.32 Å². The Morgan fingerprint density at radius 1 is 1.36 bits per heavy atom. The van der Waals surface area contributed by atoms with E-state index in [1.54, 1.807) is 19.2 Å². The number of ether oxygens (including phenoxy) is 1. The van der Waals surface area contributed by atoms with Crippen LogP contribution in [-0.2, 0) is 11.3 Å². The molecule has 1 aromatic carbocycles. The molecule has 0 radical (unpaired) electrons. The van der Waals surface area contributed by atoms with Crippen molar-refractivity contribution >= 4 is 24.8 Å². The molecule has 0 spiro atoms. The van der Waals surface area contributed by atoms with Crippen molar-refractivity contribution in [3.63, 3.8) is 0 Å². The van der Waals surface area contributed by atoms with Crippen LogP contribution in [0.5, 0.6) is 0 Å². The van der Waals surface area contributed by atoms with E-state index < -0.39 is 6.10 Å². The number of hydrogen-bond donors (Lipinski definition) is 2. The van der Waals surface area contributed by atoms with Crippen molar-refractivity contribution < 1.29 is 14.2 Å². The summed E-state index contributed by atoms with van der Waals surface area (Å²) < 4.78 is 18.6.